The number of aliphatic hydroxyl groups is 1. The topological polar surface area (TPSA) is 60.3 Å². The quantitative estimate of drug-likeness (QED) is 0.553. The Morgan fingerprint density at radius 1 is 1.11 bits per heavy atom. The lowest BCUT2D eigenvalue weighted by atomic mass is 9.79. The van der Waals surface area contributed by atoms with E-state index in [1.54, 1.807) is 0 Å². The first kappa shape index (κ1) is 21.8. The molecule has 3 aliphatic rings. The van der Waals surface area contributed by atoms with Gasteiger partial charge >= 0.3 is 0 Å². The van der Waals surface area contributed by atoms with Crippen LogP contribution >= 0.6 is 0 Å². The monoisotopic (exact) mass is 394 g/mol. The highest BCUT2D eigenvalue weighted by molar-refractivity contribution is 5.80. The molecule has 2 N–H and O–H groups in total. The van der Waals surface area contributed by atoms with E-state index in [1.165, 1.54) is 25.7 Å². The zero-order valence-corrected chi connectivity index (χ0v) is 18.3. The summed E-state index contributed by atoms with van der Waals surface area (Å²) in [5.74, 6) is 2.76. The Bertz CT molecular complexity index is 489. The number of aliphatic hydroxyl groups excluding tert-OH is 1. The number of aliphatic imine (C=N–C) groups is 1. The van der Waals surface area contributed by atoms with Crippen molar-refractivity contribution in [1.29, 1.82) is 0 Å². The van der Waals surface area contributed by atoms with Gasteiger partial charge in [-0.1, -0.05) is 13.8 Å². The minimum absolute atomic E-state index is 0.0644. The highest BCUT2D eigenvalue weighted by Crippen LogP contribution is 2.32. The summed E-state index contributed by atoms with van der Waals surface area (Å²) < 4.78 is 5.48. The Kier molecular flexibility index (Phi) is 8.01. The van der Waals surface area contributed by atoms with Crippen molar-refractivity contribution < 1.29 is 9.84 Å². The summed E-state index contributed by atoms with van der Waals surface area (Å²) in [5.41, 5.74) is -0.0644. The SMILES string of the molecule is CN=C(NCC1(CO)CCOCC1)N1CCN(C2CCC(C(C)C)CC2)CC1. The van der Waals surface area contributed by atoms with Gasteiger partial charge in [-0.05, 0) is 50.4 Å². The van der Waals surface area contributed by atoms with Crippen molar-refractivity contribution in [3.8, 4) is 0 Å². The van der Waals surface area contributed by atoms with Gasteiger partial charge in [0.1, 0.15) is 0 Å². The Morgan fingerprint density at radius 3 is 2.29 bits per heavy atom. The van der Waals surface area contributed by atoms with Crippen LogP contribution in [0.15, 0.2) is 4.99 Å². The molecule has 0 spiro atoms. The van der Waals surface area contributed by atoms with Crippen molar-refractivity contribution in [3.05, 3.63) is 0 Å². The Hall–Kier alpha value is -0.850. The van der Waals surface area contributed by atoms with Crippen molar-refractivity contribution in [2.75, 3.05) is 59.6 Å². The predicted octanol–water partition coefficient (Wildman–Crippen LogP) is 2.18. The normalized spacial score (nSPS) is 29.9. The molecule has 0 aromatic rings. The van der Waals surface area contributed by atoms with Crippen LogP contribution in [0, 0.1) is 17.3 Å². The van der Waals surface area contributed by atoms with Gasteiger partial charge in [-0.2, -0.15) is 0 Å². The van der Waals surface area contributed by atoms with E-state index in [9.17, 15) is 5.11 Å². The molecule has 0 radical (unpaired) electrons. The number of hydrogen-bond acceptors (Lipinski definition) is 4. The Balaban J connectivity index is 1.44. The first-order valence-corrected chi connectivity index (χ1v) is 11.4. The third kappa shape index (κ3) is 5.39. The summed E-state index contributed by atoms with van der Waals surface area (Å²) in [5, 5.41) is 13.5. The van der Waals surface area contributed by atoms with Crippen LogP contribution < -0.4 is 5.32 Å². The second-order valence-corrected chi connectivity index (χ2v) is 9.51. The molecule has 3 fully saturated rings. The second-order valence-electron chi connectivity index (χ2n) is 9.51. The fourth-order valence-electron chi connectivity index (χ4n) is 5.23. The number of nitrogens with one attached hydrogen (secondary N) is 1. The van der Waals surface area contributed by atoms with Crippen molar-refractivity contribution in [2.24, 2.45) is 22.2 Å². The summed E-state index contributed by atoms with van der Waals surface area (Å²) >= 11 is 0. The molecular weight excluding hydrogens is 352 g/mol. The van der Waals surface area contributed by atoms with E-state index in [4.69, 9.17) is 4.74 Å². The third-order valence-electron chi connectivity index (χ3n) is 7.54. The first-order valence-electron chi connectivity index (χ1n) is 11.4. The molecular formula is C22H42N4O2. The average Bonchev–Trinajstić information content (AvgIpc) is 2.75. The van der Waals surface area contributed by atoms with Crippen molar-refractivity contribution in [3.63, 3.8) is 0 Å². The predicted molar refractivity (Wildman–Crippen MR) is 115 cm³/mol. The molecule has 0 bridgehead atoms. The molecule has 3 rings (SSSR count). The first-order chi connectivity index (χ1) is 13.6. The van der Waals surface area contributed by atoms with Gasteiger partial charge in [-0.3, -0.25) is 9.89 Å². The maximum atomic E-state index is 9.91. The van der Waals surface area contributed by atoms with Gasteiger partial charge in [-0.15, -0.1) is 0 Å². The van der Waals surface area contributed by atoms with Gasteiger partial charge in [0.2, 0.25) is 0 Å². The standard InChI is InChI=1S/C22H42N4O2/c1-18(2)19-4-6-20(7-5-19)25-10-12-26(13-11-25)21(23-3)24-16-22(17-27)8-14-28-15-9-22/h18-20,27H,4-17H2,1-3H3,(H,23,24). The molecule has 1 saturated carbocycles. The zero-order chi connectivity index (χ0) is 20.0. The van der Waals surface area contributed by atoms with Crippen LogP contribution in [0.25, 0.3) is 0 Å². The smallest absolute Gasteiger partial charge is 0.193 e. The summed E-state index contributed by atoms with van der Waals surface area (Å²) in [7, 11) is 1.87. The van der Waals surface area contributed by atoms with E-state index >= 15 is 0 Å². The molecule has 162 valence electrons. The molecule has 0 aromatic carbocycles. The number of piperazine rings is 1. The summed E-state index contributed by atoms with van der Waals surface area (Å²) in [6, 6.07) is 0.784. The second kappa shape index (κ2) is 10.3. The van der Waals surface area contributed by atoms with Crippen LogP contribution in [0.4, 0.5) is 0 Å². The molecule has 0 atom stereocenters. The Labute approximate surface area is 171 Å². The van der Waals surface area contributed by atoms with Crippen molar-refractivity contribution >= 4 is 5.96 Å². The van der Waals surface area contributed by atoms with Gasteiger partial charge in [0.15, 0.2) is 5.96 Å². The van der Waals surface area contributed by atoms with Crippen LogP contribution in [0.2, 0.25) is 0 Å². The summed E-state index contributed by atoms with van der Waals surface area (Å²) in [6.45, 7) is 11.6. The van der Waals surface area contributed by atoms with Gasteiger partial charge in [0.25, 0.3) is 0 Å². The van der Waals surface area contributed by atoms with Crippen LogP contribution in [-0.4, -0.2) is 86.5 Å². The fourth-order valence-corrected chi connectivity index (χ4v) is 5.23. The van der Waals surface area contributed by atoms with Crippen molar-refractivity contribution in [1.82, 2.24) is 15.1 Å². The van der Waals surface area contributed by atoms with E-state index in [0.717, 1.165) is 82.6 Å². The lowest BCUT2D eigenvalue weighted by Crippen LogP contribution is -2.56. The zero-order valence-electron chi connectivity index (χ0n) is 18.3. The molecule has 0 amide bonds. The molecule has 1 aliphatic carbocycles. The fraction of sp³-hybridized carbons (Fsp3) is 0.955. The van der Waals surface area contributed by atoms with E-state index in [1.807, 2.05) is 7.05 Å². The van der Waals surface area contributed by atoms with E-state index in [2.05, 4.69) is 34.0 Å². The van der Waals surface area contributed by atoms with Crippen LogP contribution in [0.3, 0.4) is 0 Å². The highest BCUT2D eigenvalue weighted by Gasteiger charge is 2.33. The van der Waals surface area contributed by atoms with E-state index < -0.39 is 0 Å². The maximum absolute atomic E-state index is 9.91. The lowest BCUT2D eigenvalue weighted by Gasteiger charge is -2.43. The van der Waals surface area contributed by atoms with Crippen LogP contribution in [0.1, 0.15) is 52.4 Å². The minimum Gasteiger partial charge on any atom is -0.396 e. The molecule has 0 unspecified atom stereocenters. The number of rotatable bonds is 5. The number of ether oxygens (including phenoxy) is 1. The average molecular weight is 395 g/mol. The highest BCUT2D eigenvalue weighted by atomic mass is 16.5. The molecule has 6 heteroatoms. The van der Waals surface area contributed by atoms with E-state index in [-0.39, 0.29) is 12.0 Å². The number of guanidine groups is 1. The summed E-state index contributed by atoms with van der Waals surface area (Å²) in [4.78, 5) is 9.63. The molecule has 6 nitrogen and oxygen atoms in total. The number of nitrogens with zero attached hydrogens (tertiary/aromatic N) is 3. The molecule has 2 heterocycles. The minimum atomic E-state index is -0.0644. The molecule has 28 heavy (non-hydrogen) atoms. The maximum Gasteiger partial charge on any atom is 0.193 e. The van der Waals surface area contributed by atoms with Crippen LogP contribution in [-0.2, 0) is 4.74 Å². The molecule has 2 aliphatic heterocycles. The molecule has 2 saturated heterocycles. The Morgan fingerprint density at radius 2 is 1.75 bits per heavy atom. The van der Waals surface area contributed by atoms with E-state index in [0.29, 0.717) is 0 Å². The third-order valence-corrected chi connectivity index (χ3v) is 7.54. The van der Waals surface area contributed by atoms with Gasteiger partial charge in [0, 0.05) is 64.4 Å². The van der Waals surface area contributed by atoms with Gasteiger partial charge < -0.3 is 20.1 Å². The summed E-state index contributed by atoms with van der Waals surface area (Å²) in [6.07, 6.45) is 7.38. The van der Waals surface area contributed by atoms with Gasteiger partial charge in [-0.25, -0.2) is 0 Å². The van der Waals surface area contributed by atoms with Crippen LogP contribution in [0.5, 0.6) is 0 Å². The van der Waals surface area contributed by atoms with Crippen molar-refractivity contribution in [2.45, 2.75) is 58.4 Å². The van der Waals surface area contributed by atoms with Gasteiger partial charge in [0.05, 0.1) is 6.61 Å². The number of hydrogen-bond donors (Lipinski definition) is 2. The lowest BCUT2D eigenvalue weighted by molar-refractivity contribution is -0.0135. The molecule has 0 aromatic heterocycles. The largest absolute Gasteiger partial charge is 0.396 e.